The largest absolute Gasteiger partial charge is 0.396 e. The Labute approximate surface area is 90.9 Å². The van der Waals surface area contributed by atoms with Crippen LogP contribution >= 0.6 is 0 Å². The van der Waals surface area contributed by atoms with E-state index in [1.807, 2.05) is 0 Å². The highest BCUT2D eigenvalue weighted by Crippen LogP contribution is 2.33. The number of benzene rings is 1. The summed E-state index contributed by atoms with van der Waals surface area (Å²) in [5.74, 6) is 0.265. The average molecular weight is 206 g/mol. The van der Waals surface area contributed by atoms with Gasteiger partial charge in [0.1, 0.15) is 0 Å². The quantitative estimate of drug-likeness (QED) is 0.805. The summed E-state index contributed by atoms with van der Waals surface area (Å²) in [7, 11) is 0. The monoisotopic (exact) mass is 206 g/mol. The summed E-state index contributed by atoms with van der Waals surface area (Å²) in [6.07, 6.45) is 2.21. The molecule has 2 heteroatoms. The molecule has 1 aromatic rings. The van der Waals surface area contributed by atoms with Crippen LogP contribution in [0.25, 0.3) is 0 Å². The lowest BCUT2D eigenvalue weighted by atomic mass is 9.90. The van der Waals surface area contributed by atoms with Crippen LogP contribution in [0.3, 0.4) is 0 Å². The van der Waals surface area contributed by atoms with Crippen molar-refractivity contribution in [1.29, 1.82) is 0 Å². The van der Waals surface area contributed by atoms with Gasteiger partial charge in [0.25, 0.3) is 0 Å². The second kappa shape index (κ2) is 4.77. The number of aryl methyl sites for hydroxylation is 1. The van der Waals surface area contributed by atoms with Gasteiger partial charge in [0.15, 0.2) is 0 Å². The van der Waals surface area contributed by atoms with E-state index in [1.54, 1.807) is 0 Å². The van der Waals surface area contributed by atoms with Gasteiger partial charge in [-0.2, -0.15) is 0 Å². The van der Waals surface area contributed by atoms with Crippen molar-refractivity contribution in [2.75, 3.05) is 13.2 Å². The van der Waals surface area contributed by atoms with Crippen LogP contribution in [0.2, 0.25) is 0 Å². The zero-order valence-corrected chi connectivity index (χ0v) is 9.15. The van der Waals surface area contributed by atoms with Gasteiger partial charge in [0.05, 0.1) is 6.10 Å². The minimum absolute atomic E-state index is 0.0874. The molecule has 1 heterocycles. The molecular weight excluding hydrogens is 188 g/mol. The SMILES string of the molecule is Cc1ccc(C2OCCCC2CO)cc1. The minimum Gasteiger partial charge on any atom is -0.396 e. The molecule has 82 valence electrons. The Bertz CT molecular complexity index is 305. The van der Waals surface area contributed by atoms with Crippen molar-refractivity contribution in [1.82, 2.24) is 0 Å². The molecule has 2 rings (SSSR count). The van der Waals surface area contributed by atoms with Gasteiger partial charge in [-0.05, 0) is 25.3 Å². The van der Waals surface area contributed by atoms with Gasteiger partial charge >= 0.3 is 0 Å². The molecule has 1 N–H and O–H groups in total. The average Bonchev–Trinajstić information content (AvgIpc) is 2.30. The van der Waals surface area contributed by atoms with E-state index in [0.717, 1.165) is 19.4 Å². The number of aliphatic hydroxyl groups excluding tert-OH is 1. The van der Waals surface area contributed by atoms with Gasteiger partial charge in [0, 0.05) is 19.1 Å². The van der Waals surface area contributed by atoms with Gasteiger partial charge in [0.2, 0.25) is 0 Å². The molecule has 0 bridgehead atoms. The van der Waals surface area contributed by atoms with E-state index in [2.05, 4.69) is 31.2 Å². The number of hydrogen-bond donors (Lipinski definition) is 1. The third kappa shape index (κ3) is 2.39. The van der Waals surface area contributed by atoms with Crippen molar-refractivity contribution in [3.8, 4) is 0 Å². The van der Waals surface area contributed by atoms with Gasteiger partial charge in [-0.25, -0.2) is 0 Å². The second-order valence-corrected chi connectivity index (χ2v) is 4.29. The summed E-state index contributed by atoms with van der Waals surface area (Å²) >= 11 is 0. The number of rotatable bonds is 2. The van der Waals surface area contributed by atoms with Crippen LogP contribution in [0.15, 0.2) is 24.3 Å². The Balaban J connectivity index is 2.16. The molecular formula is C13H18O2. The molecule has 0 aromatic heterocycles. The summed E-state index contributed by atoms with van der Waals surface area (Å²) < 4.78 is 5.75. The van der Waals surface area contributed by atoms with Crippen molar-refractivity contribution < 1.29 is 9.84 Å². The van der Waals surface area contributed by atoms with Gasteiger partial charge in [-0.3, -0.25) is 0 Å². The molecule has 1 aromatic carbocycles. The fourth-order valence-corrected chi connectivity index (χ4v) is 2.15. The fraction of sp³-hybridized carbons (Fsp3) is 0.538. The zero-order valence-electron chi connectivity index (χ0n) is 9.15. The maximum atomic E-state index is 9.30. The molecule has 2 nitrogen and oxygen atoms in total. The minimum atomic E-state index is 0.0874. The lowest BCUT2D eigenvalue weighted by Gasteiger charge is -2.30. The Morgan fingerprint density at radius 2 is 2.07 bits per heavy atom. The van der Waals surface area contributed by atoms with Crippen LogP contribution < -0.4 is 0 Å². The standard InChI is InChI=1S/C13H18O2/c1-10-4-6-11(7-5-10)13-12(9-14)3-2-8-15-13/h4-7,12-14H,2-3,8-9H2,1H3. The summed E-state index contributed by atoms with van der Waals surface area (Å²) in [5, 5.41) is 9.30. The van der Waals surface area contributed by atoms with Crippen molar-refractivity contribution in [2.45, 2.75) is 25.9 Å². The normalized spacial score (nSPS) is 26.5. The van der Waals surface area contributed by atoms with E-state index in [0.29, 0.717) is 0 Å². The Morgan fingerprint density at radius 3 is 2.73 bits per heavy atom. The summed E-state index contributed by atoms with van der Waals surface area (Å²) in [6.45, 7) is 3.11. The van der Waals surface area contributed by atoms with Crippen LogP contribution in [-0.4, -0.2) is 18.3 Å². The smallest absolute Gasteiger partial charge is 0.0874 e. The molecule has 1 aliphatic rings. The second-order valence-electron chi connectivity index (χ2n) is 4.29. The van der Waals surface area contributed by atoms with Crippen LogP contribution in [0.1, 0.15) is 30.1 Å². The number of hydrogen-bond acceptors (Lipinski definition) is 2. The van der Waals surface area contributed by atoms with E-state index in [4.69, 9.17) is 4.74 Å². The van der Waals surface area contributed by atoms with E-state index in [1.165, 1.54) is 11.1 Å². The molecule has 0 radical (unpaired) electrons. The molecule has 0 aliphatic carbocycles. The van der Waals surface area contributed by atoms with E-state index < -0.39 is 0 Å². The molecule has 0 spiro atoms. The Hall–Kier alpha value is -0.860. The molecule has 1 fully saturated rings. The zero-order chi connectivity index (χ0) is 10.7. The van der Waals surface area contributed by atoms with E-state index in [-0.39, 0.29) is 18.6 Å². The highest BCUT2D eigenvalue weighted by Gasteiger charge is 2.26. The van der Waals surface area contributed by atoms with E-state index in [9.17, 15) is 5.11 Å². The first-order chi connectivity index (χ1) is 7.31. The molecule has 2 unspecified atom stereocenters. The summed E-state index contributed by atoms with van der Waals surface area (Å²) in [5.41, 5.74) is 2.45. The molecule has 1 saturated heterocycles. The molecule has 1 aliphatic heterocycles. The van der Waals surface area contributed by atoms with Crippen molar-refractivity contribution in [3.63, 3.8) is 0 Å². The first kappa shape index (κ1) is 10.7. The predicted molar refractivity (Wildman–Crippen MR) is 59.7 cm³/mol. The first-order valence-electron chi connectivity index (χ1n) is 5.60. The van der Waals surface area contributed by atoms with Crippen molar-refractivity contribution in [3.05, 3.63) is 35.4 Å². The van der Waals surface area contributed by atoms with Crippen LogP contribution in [0.5, 0.6) is 0 Å². The van der Waals surface area contributed by atoms with Crippen LogP contribution in [0.4, 0.5) is 0 Å². The predicted octanol–water partition coefficient (Wildman–Crippen LogP) is 2.46. The Kier molecular flexibility index (Phi) is 3.39. The summed E-state index contributed by atoms with van der Waals surface area (Å²) in [4.78, 5) is 0. The molecule has 0 saturated carbocycles. The van der Waals surface area contributed by atoms with Gasteiger partial charge in [-0.1, -0.05) is 29.8 Å². The Morgan fingerprint density at radius 1 is 1.33 bits per heavy atom. The van der Waals surface area contributed by atoms with Crippen LogP contribution in [0, 0.1) is 12.8 Å². The maximum Gasteiger partial charge on any atom is 0.0874 e. The van der Waals surface area contributed by atoms with Gasteiger partial charge in [-0.15, -0.1) is 0 Å². The number of aliphatic hydroxyl groups is 1. The topological polar surface area (TPSA) is 29.5 Å². The number of ether oxygens (including phenoxy) is 1. The van der Waals surface area contributed by atoms with Crippen molar-refractivity contribution >= 4 is 0 Å². The molecule has 2 atom stereocenters. The van der Waals surface area contributed by atoms with Gasteiger partial charge < -0.3 is 9.84 Å². The maximum absolute atomic E-state index is 9.30. The third-order valence-corrected chi connectivity index (χ3v) is 3.09. The lowest BCUT2D eigenvalue weighted by Crippen LogP contribution is -2.25. The molecule has 15 heavy (non-hydrogen) atoms. The highest BCUT2D eigenvalue weighted by atomic mass is 16.5. The first-order valence-corrected chi connectivity index (χ1v) is 5.60. The lowest BCUT2D eigenvalue weighted by molar-refractivity contribution is -0.0457. The van der Waals surface area contributed by atoms with Crippen molar-refractivity contribution in [2.24, 2.45) is 5.92 Å². The highest BCUT2D eigenvalue weighted by molar-refractivity contribution is 5.24. The van der Waals surface area contributed by atoms with E-state index >= 15 is 0 Å². The fourth-order valence-electron chi connectivity index (χ4n) is 2.15. The summed E-state index contributed by atoms with van der Waals surface area (Å²) in [6, 6.07) is 8.41. The molecule has 0 amide bonds. The van der Waals surface area contributed by atoms with Crippen LogP contribution in [-0.2, 0) is 4.74 Å². The third-order valence-electron chi connectivity index (χ3n) is 3.09.